The van der Waals surface area contributed by atoms with E-state index in [2.05, 4.69) is 170 Å². The number of rotatable bonds is 5. The molecule has 0 aliphatic carbocycles. The Morgan fingerprint density at radius 2 is 0.898 bits per heavy atom. The minimum absolute atomic E-state index is 0.849. The Morgan fingerprint density at radius 1 is 0.322 bits per heavy atom. The van der Waals surface area contributed by atoms with E-state index in [1.165, 1.54) is 5.39 Å². The summed E-state index contributed by atoms with van der Waals surface area (Å²) < 4.78 is 6.61. The summed E-state index contributed by atoms with van der Waals surface area (Å²) in [6.07, 6.45) is 0. The molecule has 0 amide bonds. The fraction of sp³-hybridized carbons (Fsp3) is 0. The van der Waals surface area contributed by atoms with Crippen LogP contribution in [0.5, 0.6) is 0 Å². The van der Waals surface area contributed by atoms with Gasteiger partial charge in [-0.25, -0.2) is 15.0 Å². The quantitative estimate of drug-likeness (QED) is 0.164. The summed E-state index contributed by atoms with van der Waals surface area (Å²) in [7, 11) is 0. The monoisotopic (exact) mass is 751 g/mol. The fourth-order valence-corrected chi connectivity index (χ4v) is 8.81. The van der Waals surface area contributed by atoms with Crippen LogP contribution in [0.15, 0.2) is 205 Å². The van der Waals surface area contributed by atoms with Crippen molar-refractivity contribution in [2.24, 2.45) is 0 Å². The summed E-state index contributed by atoms with van der Waals surface area (Å²) in [4.78, 5) is 15.6. The Balaban J connectivity index is 1.00. The van der Waals surface area contributed by atoms with Crippen LogP contribution in [0.4, 0.5) is 0 Å². The van der Waals surface area contributed by atoms with Gasteiger partial charge in [0.25, 0.3) is 0 Å². The molecular formula is C55H33N3O. The predicted octanol–water partition coefficient (Wildman–Crippen LogP) is 14.7. The fourth-order valence-electron chi connectivity index (χ4n) is 8.81. The molecule has 12 rings (SSSR count). The van der Waals surface area contributed by atoms with Gasteiger partial charge in [0.2, 0.25) is 0 Å². The van der Waals surface area contributed by atoms with Crippen molar-refractivity contribution in [1.29, 1.82) is 0 Å². The lowest BCUT2D eigenvalue weighted by Gasteiger charge is -2.16. The average molecular weight is 752 g/mol. The Morgan fingerprint density at radius 3 is 1.64 bits per heavy atom. The van der Waals surface area contributed by atoms with Gasteiger partial charge in [-0.3, -0.25) is 0 Å². The van der Waals surface area contributed by atoms with Crippen molar-refractivity contribution in [2.75, 3.05) is 0 Å². The average Bonchev–Trinajstić information content (AvgIpc) is 3.69. The molecule has 0 saturated carbocycles. The number of aromatic nitrogens is 3. The summed E-state index contributed by atoms with van der Waals surface area (Å²) in [6.45, 7) is 0. The third kappa shape index (κ3) is 5.49. The minimum atomic E-state index is 0.849. The van der Waals surface area contributed by atoms with Crippen LogP contribution in [0.1, 0.15) is 0 Å². The van der Waals surface area contributed by atoms with Crippen LogP contribution in [0.3, 0.4) is 0 Å². The molecular weight excluding hydrogens is 719 g/mol. The van der Waals surface area contributed by atoms with Crippen molar-refractivity contribution >= 4 is 65.4 Å². The lowest BCUT2D eigenvalue weighted by molar-refractivity contribution is 0.669. The maximum absolute atomic E-state index is 6.61. The first kappa shape index (κ1) is 33.2. The second kappa shape index (κ2) is 13.3. The van der Waals surface area contributed by atoms with E-state index in [-0.39, 0.29) is 0 Å². The van der Waals surface area contributed by atoms with Crippen LogP contribution in [-0.4, -0.2) is 15.0 Å². The minimum Gasteiger partial charge on any atom is -0.456 e. The van der Waals surface area contributed by atoms with E-state index in [0.717, 1.165) is 116 Å². The standard InChI is InChI=1S/C55H33N3O/c1-3-12-35(13-4-1)45-30-28-38-26-27-39-29-31-46(57-55(39)54(38)56-45)41-17-11-16-40(32-41)34-22-24-36(25-23-34)50-51-42-18-7-9-20-47(42)58-53(37-14-5-2-6-15-37)44(51)33-49-52(50)43-19-8-10-21-48(43)59-49/h1-33H. The summed E-state index contributed by atoms with van der Waals surface area (Å²) >= 11 is 0. The number of nitrogens with zero attached hydrogens (tertiary/aromatic N) is 3. The second-order valence-electron chi connectivity index (χ2n) is 15.1. The van der Waals surface area contributed by atoms with Gasteiger partial charge in [0.15, 0.2) is 0 Å². The molecule has 0 radical (unpaired) electrons. The summed E-state index contributed by atoms with van der Waals surface area (Å²) in [5.41, 5.74) is 15.0. The van der Waals surface area contributed by atoms with Crippen LogP contribution in [0.2, 0.25) is 0 Å². The third-order valence-electron chi connectivity index (χ3n) is 11.6. The number of hydrogen-bond donors (Lipinski definition) is 0. The van der Waals surface area contributed by atoms with Crippen LogP contribution in [0, 0.1) is 0 Å². The molecule has 0 fully saturated rings. The van der Waals surface area contributed by atoms with Crippen molar-refractivity contribution in [3.8, 4) is 56.0 Å². The number of furan rings is 1. The first-order chi connectivity index (χ1) is 29.2. The van der Waals surface area contributed by atoms with Crippen molar-refractivity contribution in [3.05, 3.63) is 200 Å². The maximum Gasteiger partial charge on any atom is 0.136 e. The Kier molecular flexibility index (Phi) is 7.50. The summed E-state index contributed by atoms with van der Waals surface area (Å²) in [5.74, 6) is 0. The summed E-state index contributed by atoms with van der Waals surface area (Å²) in [5, 5.41) is 7.70. The Hall–Kier alpha value is -7.95. The van der Waals surface area contributed by atoms with E-state index in [0.29, 0.717) is 0 Å². The van der Waals surface area contributed by atoms with Gasteiger partial charge in [-0.15, -0.1) is 0 Å². The second-order valence-corrected chi connectivity index (χ2v) is 15.1. The highest BCUT2D eigenvalue weighted by molar-refractivity contribution is 6.27. The number of para-hydroxylation sites is 2. The zero-order chi connectivity index (χ0) is 38.9. The van der Waals surface area contributed by atoms with E-state index in [4.69, 9.17) is 19.4 Å². The topological polar surface area (TPSA) is 51.8 Å². The van der Waals surface area contributed by atoms with Gasteiger partial charge >= 0.3 is 0 Å². The number of pyridine rings is 3. The zero-order valence-corrected chi connectivity index (χ0v) is 31.8. The molecule has 0 aliphatic rings. The SMILES string of the molecule is c1ccc(-c2ccc3ccc4ccc(-c5cccc(-c6ccc(-c7c8c(cc9c(-c%10ccccc%10)nc%10ccccc%10c79)oc7ccccc78)cc6)c5)nc4c3n2)cc1. The Labute approximate surface area is 339 Å². The lowest BCUT2D eigenvalue weighted by Crippen LogP contribution is -1.93. The highest BCUT2D eigenvalue weighted by atomic mass is 16.3. The molecule has 4 heterocycles. The number of hydrogen-bond acceptors (Lipinski definition) is 4. The van der Waals surface area contributed by atoms with Gasteiger partial charge < -0.3 is 4.42 Å². The van der Waals surface area contributed by atoms with Crippen molar-refractivity contribution in [1.82, 2.24) is 15.0 Å². The molecule has 4 nitrogen and oxygen atoms in total. The molecule has 0 aliphatic heterocycles. The zero-order valence-electron chi connectivity index (χ0n) is 31.8. The van der Waals surface area contributed by atoms with E-state index in [9.17, 15) is 0 Å². The van der Waals surface area contributed by atoms with Crippen molar-refractivity contribution < 1.29 is 4.42 Å². The molecule has 0 N–H and O–H groups in total. The normalized spacial score (nSPS) is 11.7. The maximum atomic E-state index is 6.61. The van der Waals surface area contributed by atoms with E-state index in [1.54, 1.807) is 0 Å². The van der Waals surface area contributed by atoms with Crippen LogP contribution >= 0.6 is 0 Å². The van der Waals surface area contributed by atoms with Gasteiger partial charge in [0, 0.05) is 60.0 Å². The molecule has 8 aromatic carbocycles. The van der Waals surface area contributed by atoms with Gasteiger partial charge in [-0.1, -0.05) is 164 Å². The molecule has 0 atom stereocenters. The molecule has 274 valence electrons. The molecule has 0 saturated heterocycles. The molecule has 0 spiro atoms. The van der Waals surface area contributed by atoms with Crippen LogP contribution in [0.25, 0.3) is 121 Å². The number of benzene rings is 8. The molecule has 59 heavy (non-hydrogen) atoms. The van der Waals surface area contributed by atoms with Crippen molar-refractivity contribution in [3.63, 3.8) is 0 Å². The molecule has 4 heteroatoms. The highest BCUT2D eigenvalue weighted by Crippen LogP contribution is 2.46. The third-order valence-corrected chi connectivity index (χ3v) is 11.6. The predicted molar refractivity (Wildman–Crippen MR) is 244 cm³/mol. The van der Waals surface area contributed by atoms with E-state index in [1.807, 2.05) is 30.3 Å². The van der Waals surface area contributed by atoms with Crippen LogP contribution < -0.4 is 0 Å². The van der Waals surface area contributed by atoms with Crippen molar-refractivity contribution in [2.45, 2.75) is 0 Å². The molecule has 0 bridgehead atoms. The van der Waals surface area contributed by atoms with E-state index < -0.39 is 0 Å². The smallest absolute Gasteiger partial charge is 0.136 e. The summed E-state index contributed by atoms with van der Waals surface area (Å²) in [6, 6.07) is 70.2. The largest absolute Gasteiger partial charge is 0.456 e. The van der Waals surface area contributed by atoms with E-state index >= 15 is 0 Å². The highest BCUT2D eigenvalue weighted by Gasteiger charge is 2.22. The first-order valence-corrected chi connectivity index (χ1v) is 19.9. The first-order valence-electron chi connectivity index (χ1n) is 19.9. The molecule has 12 aromatic rings. The van der Waals surface area contributed by atoms with Gasteiger partial charge in [-0.05, 0) is 53.1 Å². The molecule has 4 aromatic heterocycles. The van der Waals surface area contributed by atoms with Gasteiger partial charge in [0.1, 0.15) is 11.2 Å². The van der Waals surface area contributed by atoms with Gasteiger partial charge in [-0.2, -0.15) is 0 Å². The molecule has 0 unspecified atom stereocenters. The lowest BCUT2D eigenvalue weighted by atomic mass is 9.89. The van der Waals surface area contributed by atoms with Gasteiger partial charge in [0.05, 0.1) is 33.6 Å². The Bertz CT molecular complexity index is 3590. The van der Waals surface area contributed by atoms with Crippen LogP contribution in [-0.2, 0) is 0 Å². The number of fused-ring (bicyclic) bond motifs is 9.